The van der Waals surface area contributed by atoms with Gasteiger partial charge in [0.25, 0.3) is 5.91 Å². The van der Waals surface area contributed by atoms with Crippen molar-refractivity contribution in [3.63, 3.8) is 0 Å². The summed E-state index contributed by atoms with van der Waals surface area (Å²) in [5, 5.41) is 13.2. The number of anilines is 2. The second-order valence-electron chi connectivity index (χ2n) is 4.36. The fourth-order valence-electron chi connectivity index (χ4n) is 1.68. The number of amides is 1. The van der Waals surface area contributed by atoms with Gasteiger partial charge in [0.2, 0.25) is 0 Å². The van der Waals surface area contributed by atoms with E-state index in [9.17, 15) is 9.59 Å². The Kier molecular flexibility index (Phi) is 4.05. The fourth-order valence-corrected chi connectivity index (χ4v) is 2.37. The summed E-state index contributed by atoms with van der Waals surface area (Å²) in [6, 6.07) is 8.66. The monoisotopic (exact) mass is 290 g/mol. The second kappa shape index (κ2) is 5.75. The van der Waals surface area contributed by atoms with Gasteiger partial charge in [-0.3, -0.25) is 4.79 Å². The lowest BCUT2D eigenvalue weighted by atomic mass is 10.2. The van der Waals surface area contributed by atoms with E-state index in [0.29, 0.717) is 11.3 Å². The van der Waals surface area contributed by atoms with Crippen LogP contribution in [0.25, 0.3) is 0 Å². The van der Waals surface area contributed by atoms with Crippen LogP contribution in [0.1, 0.15) is 20.0 Å². The molecule has 0 bridgehead atoms. The summed E-state index contributed by atoms with van der Waals surface area (Å²) in [5.74, 6) is -1.37. The Labute approximate surface area is 120 Å². The van der Waals surface area contributed by atoms with E-state index in [4.69, 9.17) is 5.11 Å². The highest BCUT2D eigenvalue weighted by Gasteiger charge is 2.14. The number of nitrogens with zero attached hydrogens (tertiary/aromatic N) is 1. The summed E-state index contributed by atoms with van der Waals surface area (Å²) < 4.78 is 0. The number of thiophene rings is 1. The molecule has 0 aliphatic rings. The molecule has 0 aliphatic carbocycles. The molecule has 0 aliphatic heterocycles. The van der Waals surface area contributed by atoms with Crippen molar-refractivity contribution in [2.24, 2.45) is 0 Å². The molecule has 0 saturated carbocycles. The Morgan fingerprint density at radius 1 is 1.15 bits per heavy atom. The van der Waals surface area contributed by atoms with Crippen LogP contribution in [0, 0.1) is 0 Å². The minimum atomic E-state index is -1.04. The normalized spacial score (nSPS) is 10.1. The molecule has 2 aromatic rings. The van der Waals surface area contributed by atoms with E-state index in [1.807, 2.05) is 31.1 Å². The lowest BCUT2D eigenvalue weighted by Crippen LogP contribution is -2.14. The van der Waals surface area contributed by atoms with E-state index in [2.05, 4.69) is 5.32 Å². The third kappa shape index (κ3) is 2.97. The van der Waals surface area contributed by atoms with E-state index < -0.39 is 5.97 Å². The summed E-state index contributed by atoms with van der Waals surface area (Å²) in [5.41, 5.74) is 1.80. The van der Waals surface area contributed by atoms with Crippen molar-refractivity contribution in [2.45, 2.75) is 0 Å². The van der Waals surface area contributed by atoms with Crippen molar-refractivity contribution < 1.29 is 14.7 Å². The van der Waals surface area contributed by atoms with Crippen LogP contribution >= 0.6 is 11.3 Å². The van der Waals surface area contributed by atoms with Crippen LogP contribution < -0.4 is 10.2 Å². The smallest absolute Gasteiger partial charge is 0.348 e. The number of rotatable bonds is 4. The summed E-state index contributed by atoms with van der Waals surface area (Å²) >= 11 is 1.08. The fraction of sp³-hybridized carbons (Fsp3) is 0.143. The summed E-state index contributed by atoms with van der Waals surface area (Å²) in [6.45, 7) is 0. The second-order valence-corrected chi connectivity index (χ2v) is 5.28. The van der Waals surface area contributed by atoms with E-state index in [1.165, 1.54) is 0 Å². The molecule has 6 heteroatoms. The van der Waals surface area contributed by atoms with Gasteiger partial charge in [0, 0.05) is 25.3 Å². The first-order chi connectivity index (χ1) is 9.49. The molecule has 0 unspecified atom stereocenters. The molecule has 2 N–H and O–H groups in total. The highest BCUT2D eigenvalue weighted by molar-refractivity contribution is 7.12. The maximum Gasteiger partial charge on any atom is 0.348 e. The van der Waals surface area contributed by atoms with Gasteiger partial charge in [-0.05, 0) is 35.7 Å². The van der Waals surface area contributed by atoms with Crippen LogP contribution in [-0.2, 0) is 0 Å². The first kappa shape index (κ1) is 14.1. The van der Waals surface area contributed by atoms with Crippen LogP contribution in [-0.4, -0.2) is 31.1 Å². The minimum absolute atomic E-state index is 0.128. The van der Waals surface area contributed by atoms with Crippen LogP contribution in [0.2, 0.25) is 0 Å². The number of carbonyl (C=O) groups is 2. The van der Waals surface area contributed by atoms with Crippen LogP contribution in [0.15, 0.2) is 35.7 Å². The molecule has 1 aromatic carbocycles. The zero-order chi connectivity index (χ0) is 14.7. The van der Waals surface area contributed by atoms with Crippen LogP contribution in [0.5, 0.6) is 0 Å². The van der Waals surface area contributed by atoms with E-state index in [0.717, 1.165) is 17.0 Å². The molecule has 0 radical (unpaired) electrons. The molecule has 20 heavy (non-hydrogen) atoms. The Bertz CT molecular complexity index is 632. The molecule has 5 nitrogen and oxygen atoms in total. The number of aromatic carboxylic acids is 1. The third-order valence-corrected chi connectivity index (χ3v) is 3.66. The highest BCUT2D eigenvalue weighted by atomic mass is 32.1. The Hall–Kier alpha value is -2.34. The summed E-state index contributed by atoms with van der Waals surface area (Å²) in [4.78, 5) is 25.1. The number of carboxylic acid groups (broad SMARTS) is 1. The topological polar surface area (TPSA) is 69.6 Å². The van der Waals surface area contributed by atoms with Gasteiger partial charge in [-0.2, -0.15) is 0 Å². The first-order valence-electron chi connectivity index (χ1n) is 5.88. The van der Waals surface area contributed by atoms with Crippen molar-refractivity contribution in [3.05, 3.63) is 46.2 Å². The lowest BCUT2D eigenvalue weighted by Gasteiger charge is -2.12. The minimum Gasteiger partial charge on any atom is -0.477 e. The van der Waals surface area contributed by atoms with Crippen molar-refractivity contribution in [1.82, 2.24) is 0 Å². The van der Waals surface area contributed by atoms with Crippen molar-refractivity contribution in [3.8, 4) is 0 Å². The van der Waals surface area contributed by atoms with Gasteiger partial charge < -0.3 is 15.3 Å². The van der Waals surface area contributed by atoms with Crippen molar-refractivity contribution >= 4 is 34.6 Å². The molecule has 1 heterocycles. The molecule has 104 valence electrons. The number of benzene rings is 1. The molecule has 0 atom stereocenters. The maximum absolute atomic E-state index is 12.1. The molecule has 2 rings (SSSR count). The van der Waals surface area contributed by atoms with Crippen LogP contribution in [0.3, 0.4) is 0 Å². The Morgan fingerprint density at radius 2 is 1.80 bits per heavy atom. The number of hydrogen-bond acceptors (Lipinski definition) is 4. The summed E-state index contributed by atoms with van der Waals surface area (Å²) in [7, 11) is 3.83. The number of carbonyl (C=O) groups excluding carboxylic acids is 1. The Balaban J connectivity index is 2.15. The SMILES string of the molecule is CN(C)c1ccc(C(=O)Nc2ccsc2C(=O)O)cc1. The number of carboxylic acids is 1. The Morgan fingerprint density at radius 3 is 2.35 bits per heavy atom. The molecule has 0 spiro atoms. The van der Waals surface area contributed by atoms with E-state index >= 15 is 0 Å². The molecular formula is C14H14N2O3S. The van der Waals surface area contributed by atoms with Gasteiger partial charge in [-0.25, -0.2) is 4.79 Å². The standard InChI is InChI=1S/C14H14N2O3S/c1-16(2)10-5-3-9(4-6-10)13(17)15-11-7-8-20-12(11)14(18)19/h3-8H,1-2H3,(H,15,17)(H,18,19). The predicted octanol–water partition coefficient (Wildman–Crippen LogP) is 2.76. The highest BCUT2D eigenvalue weighted by Crippen LogP contribution is 2.23. The lowest BCUT2D eigenvalue weighted by molar-refractivity contribution is 0.0703. The third-order valence-electron chi connectivity index (χ3n) is 2.75. The summed E-state index contributed by atoms with van der Waals surface area (Å²) in [6.07, 6.45) is 0. The largest absolute Gasteiger partial charge is 0.477 e. The quantitative estimate of drug-likeness (QED) is 0.908. The molecule has 1 aromatic heterocycles. The van der Waals surface area contributed by atoms with Crippen LogP contribution in [0.4, 0.5) is 11.4 Å². The zero-order valence-corrected chi connectivity index (χ0v) is 11.9. The average Bonchev–Trinajstić information content (AvgIpc) is 2.87. The maximum atomic E-state index is 12.1. The van der Waals surface area contributed by atoms with Gasteiger partial charge in [-0.1, -0.05) is 0 Å². The van der Waals surface area contributed by atoms with E-state index in [1.54, 1.807) is 23.6 Å². The number of hydrogen-bond donors (Lipinski definition) is 2. The van der Waals surface area contributed by atoms with Gasteiger partial charge in [0.1, 0.15) is 4.88 Å². The van der Waals surface area contributed by atoms with Gasteiger partial charge in [-0.15, -0.1) is 11.3 Å². The average molecular weight is 290 g/mol. The van der Waals surface area contributed by atoms with Crippen molar-refractivity contribution in [2.75, 3.05) is 24.3 Å². The number of nitrogens with one attached hydrogen (secondary N) is 1. The first-order valence-corrected chi connectivity index (χ1v) is 6.76. The van der Waals surface area contributed by atoms with Gasteiger partial charge >= 0.3 is 5.97 Å². The molecule has 0 fully saturated rings. The zero-order valence-electron chi connectivity index (χ0n) is 11.1. The van der Waals surface area contributed by atoms with E-state index in [-0.39, 0.29) is 10.8 Å². The predicted molar refractivity (Wildman–Crippen MR) is 80.0 cm³/mol. The van der Waals surface area contributed by atoms with Gasteiger partial charge in [0.15, 0.2) is 0 Å². The molecular weight excluding hydrogens is 276 g/mol. The van der Waals surface area contributed by atoms with Gasteiger partial charge in [0.05, 0.1) is 5.69 Å². The molecule has 1 amide bonds. The van der Waals surface area contributed by atoms with Crippen molar-refractivity contribution in [1.29, 1.82) is 0 Å². The molecule has 0 saturated heterocycles.